The van der Waals surface area contributed by atoms with Gasteiger partial charge in [0.15, 0.2) is 6.61 Å². The molecule has 5 nitrogen and oxygen atoms in total. The average Bonchev–Trinajstić information content (AvgIpc) is 2.54. The van der Waals surface area contributed by atoms with E-state index in [1.165, 1.54) is 6.07 Å². The molecule has 0 aliphatic carbocycles. The van der Waals surface area contributed by atoms with Crippen LogP contribution in [0, 0.1) is 0 Å². The summed E-state index contributed by atoms with van der Waals surface area (Å²) in [5.41, 5.74) is 0. The minimum Gasteiger partial charge on any atom is -0.482 e. The fourth-order valence-electron chi connectivity index (χ4n) is 2.21. The van der Waals surface area contributed by atoms with Crippen LogP contribution in [0.15, 0.2) is 18.2 Å². The molecule has 1 N–H and O–H groups in total. The van der Waals surface area contributed by atoms with Crippen LogP contribution >= 0.6 is 23.2 Å². The van der Waals surface area contributed by atoms with Crippen LogP contribution in [0.2, 0.25) is 10.0 Å². The molecule has 0 radical (unpaired) electrons. The Bertz CT molecular complexity index is 546. The van der Waals surface area contributed by atoms with Crippen LogP contribution in [-0.2, 0) is 9.59 Å². The lowest BCUT2D eigenvalue weighted by Gasteiger charge is -2.26. The van der Waals surface area contributed by atoms with Crippen molar-refractivity contribution in [3.63, 3.8) is 0 Å². The Morgan fingerprint density at radius 3 is 2.64 bits per heavy atom. The van der Waals surface area contributed by atoms with E-state index in [1.54, 1.807) is 17.0 Å². The number of amides is 2. The number of carbonyl (C=O) groups is 2. The molecule has 0 atom stereocenters. The van der Waals surface area contributed by atoms with Gasteiger partial charge in [0.25, 0.3) is 5.91 Å². The van der Waals surface area contributed by atoms with Crippen LogP contribution in [0.1, 0.15) is 19.3 Å². The van der Waals surface area contributed by atoms with E-state index < -0.39 is 0 Å². The number of hydrogen-bond acceptors (Lipinski definition) is 3. The third-order valence-electron chi connectivity index (χ3n) is 3.40. The van der Waals surface area contributed by atoms with Gasteiger partial charge in [-0.25, -0.2) is 0 Å². The lowest BCUT2D eigenvalue weighted by atomic mass is 10.1. The molecular formula is C15H18Cl2N2O3. The van der Waals surface area contributed by atoms with Crippen LogP contribution in [0.25, 0.3) is 0 Å². The molecule has 2 rings (SSSR count). The van der Waals surface area contributed by atoms with Gasteiger partial charge in [-0.2, -0.15) is 0 Å². The molecule has 120 valence electrons. The monoisotopic (exact) mass is 344 g/mol. The molecular weight excluding hydrogens is 327 g/mol. The quantitative estimate of drug-likeness (QED) is 0.892. The molecule has 0 bridgehead atoms. The van der Waals surface area contributed by atoms with Crippen LogP contribution in [0.4, 0.5) is 0 Å². The molecule has 1 aliphatic rings. The number of benzene rings is 1. The molecule has 7 heteroatoms. The van der Waals surface area contributed by atoms with Gasteiger partial charge < -0.3 is 15.0 Å². The molecule has 0 saturated carbocycles. The molecule has 0 spiro atoms. The zero-order chi connectivity index (χ0) is 15.9. The van der Waals surface area contributed by atoms with Gasteiger partial charge in [-0.3, -0.25) is 9.59 Å². The van der Waals surface area contributed by atoms with Crippen LogP contribution in [0.5, 0.6) is 5.75 Å². The van der Waals surface area contributed by atoms with Gasteiger partial charge in [0.2, 0.25) is 5.91 Å². The summed E-state index contributed by atoms with van der Waals surface area (Å²) in [5.74, 6) is -0.0955. The van der Waals surface area contributed by atoms with Crippen molar-refractivity contribution >= 4 is 35.0 Å². The van der Waals surface area contributed by atoms with Crippen LogP contribution < -0.4 is 10.1 Å². The van der Waals surface area contributed by atoms with Crippen molar-refractivity contribution in [2.75, 3.05) is 26.2 Å². The van der Waals surface area contributed by atoms with Crippen molar-refractivity contribution in [1.82, 2.24) is 10.2 Å². The molecule has 1 aliphatic heterocycles. The number of halogens is 2. The average molecular weight is 345 g/mol. The summed E-state index contributed by atoms with van der Waals surface area (Å²) in [6.07, 6.45) is 3.20. The summed E-state index contributed by atoms with van der Waals surface area (Å²) in [6, 6.07) is 4.77. The predicted octanol–water partition coefficient (Wildman–Crippen LogP) is 2.50. The Morgan fingerprint density at radius 2 is 1.91 bits per heavy atom. The smallest absolute Gasteiger partial charge is 0.258 e. The third kappa shape index (κ3) is 5.07. The maximum Gasteiger partial charge on any atom is 0.258 e. The highest BCUT2D eigenvalue weighted by Crippen LogP contribution is 2.27. The van der Waals surface area contributed by atoms with E-state index in [4.69, 9.17) is 27.9 Å². The Labute approximate surface area is 139 Å². The van der Waals surface area contributed by atoms with Gasteiger partial charge in [0.1, 0.15) is 5.75 Å². The van der Waals surface area contributed by atoms with E-state index in [0.717, 1.165) is 32.4 Å². The van der Waals surface area contributed by atoms with E-state index in [1.807, 2.05) is 0 Å². The Balaban J connectivity index is 1.73. The molecule has 1 fully saturated rings. The van der Waals surface area contributed by atoms with Crippen molar-refractivity contribution in [3.05, 3.63) is 28.2 Å². The highest BCUT2D eigenvalue weighted by Gasteiger charge is 2.17. The molecule has 0 unspecified atom stereocenters. The molecule has 1 saturated heterocycles. The highest BCUT2D eigenvalue weighted by molar-refractivity contribution is 6.34. The zero-order valence-corrected chi connectivity index (χ0v) is 13.6. The number of nitrogens with zero attached hydrogens (tertiary/aromatic N) is 1. The molecule has 1 aromatic rings. The van der Waals surface area contributed by atoms with Gasteiger partial charge in [0.05, 0.1) is 11.6 Å². The van der Waals surface area contributed by atoms with E-state index in [2.05, 4.69) is 5.32 Å². The third-order valence-corrected chi connectivity index (χ3v) is 3.94. The largest absolute Gasteiger partial charge is 0.482 e. The summed E-state index contributed by atoms with van der Waals surface area (Å²) in [5, 5.41) is 3.40. The Morgan fingerprint density at radius 1 is 1.18 bits per heavy atom. The summed E-state index contributed by atoms with van der Waals surface area (Å²) in [6.45, 7) is 1.31. The number of piperidine rings is 1. The minimum absolute atomic E-state index is 0.00846. The molecule has 22 heavy (non-hydrogen) atoms. The lowest BCUT2D eigenvalue weighted by Crippen LogP contribution is -2.43. The predicted molar refractivity (Wildman–Crippen MR) is 85.4 cm³/mol. The summed E-state index contributed by atoms with van der Waals surface area (Å²) >= 11 is 11.8. The van der Waals surface area contributed by atoms with E-state index >= 15 is 0 Å². The van der Waals surface area contributed by atoms with E-state index in [0.29, 0.717) is 15.8 Å². The first-order chi connectivity index (χ1) is 10.6. The van der Waals surface area contributed by atoms with Crippen molar-refractivity contribution in [1.29, 1.82) is 0 Å². The maximum absolute atomic E-state index is 11.9. The van der Waals surface area contributed by atoms with E-state index in [-0.39, 0.29) is 25.0 Å². The van der Waals surface area contributed by atoms with Crippen molar-refractivity contribution in [2.45, 2.75) is 19.3 Å². The number of hydrogen-bond donors (Lipinski definition) is 1. The summed E-state index contributed by atoms with van der Waals surface area (Å²) in [4.78, 5) is 25.4. The Kier molecular flexibility index (Phi) is 6.34. The molecule has 1 heterocycles. The summed E-state index contributed by atoms with van der Waals surface area (Å²) < 4.78 is 5.30. The van der Waals surface area contributed by atoms with Gasteiger partial charge in [0, 0.05) is 24.2 Å². The van der Waals surface area contributed by atoms with Crippen LogP contribution in [-0.4, -0.2) is 43.0 Å². The SMILES string of the molecule is O=C(COc1cc(Cl)ccc1Cl)NCC(=O)N1CCCCC1. The topological polar surface area (TPSA) is 58.6 Å². The highest BCUT2D eigenvalue weighted by atomic mass is 35.5. The standard InChI is InChI=1S/C15H18Cl2N2O3/c16-11-4-5-12(17)13(8-11)22-10-14(20)18-9-15(21)19-6-2-1-3-7-19/h4-5,8H,1-3,6-7,9-10H2,(H,18,20). The second kappa shape index (κ2) is 8.25. The molecule has 0 aromatic heterocycles. The minimum atomic E-state index is -0.374. The maximum atomic E-state index is 11.9. The van der Waals surface area contributed by atoms with Crippen molar-refractivity contribution in [3.8, 4) is 5.75 Å². The number of ether oxygens (including phenoxy) is 1. The first-order valence-electron chi connectivity index (χ1n) is 7.18. The van der Waals surface area contributed by atoms with Gasteiger partial charge >= 0.3 is 0 Å². The molecule has 1 aromatic carbocycles. The molecule has 2 amide bonds. The number of carbonyl (C=O) groups excluding carboxylic acids is 2. The normalized spacial score (nSPS) is 14.5. The first-order valence-corrected chi connectivity index (χ1v) is 7.94. The second-order valence-corrected chi connectivity index (χ2v) is 5.93. The number of nitrogens with one attached hydrogen (secondary N) is 1. The fourth-order valence-corrected chi connectivity index (χ4v) is 2.55. The summed E-state index contributed by atoms with van der Waals surface area (Å²) in [7, 11) is 0. The first kappa shape index (κ1) is 16.9. The van der Waals surface area contributed by atoms with E-state index in [9.17, 15) is 9.59 Å². The van der Waals surface area contributed by atoms with Gasteiger partial charge in [-0.05, 0) is 31.4 Å². The van der Waals surface area contributed by atoms with Crippen molar-refractivity contribution < 1.29 is 14.3 Å². The van der Waals surface area contributed by atoms with Gasteiger partial charge in [-0.1, -0.05) is 23.2 Å². The van der Waals surface area contributed by atoms with Crippen molar-refractivity contribution in [2.24, 2.45) is 0 Å². The van der Waals surface area contributed by atoms with Crippen LogP contribution in [0.3, 0.4) is 0 Å². The van der Waals surface area contributed by atoms with Gasteiger partial charge in [-0.15, -0.1) is 0 Å². The number of rotatable bonds is 5. The fraction of sp³-hybridized carbons (Fsp3) is 0.467. The second-order valence-electron chi connectivity index (χ2n) is 5.08. The zero-order valence-electron chi connectivity index (χ0n) is 12.1. The Hall–Kier alpha value is -1.46. The lowest BCUT2D eigenvalue weighted by molar-refractivity contribution is -0.134. The number of likely N-dealkylation sites (tertiary alicyclic amines) is 1.